The summed E-state index contributed by atoms with van der Waals surface area (Å²) in [4.78, 5) is 39.9. The molecule has 2 amide bonds. The molecule has 0 radical (unpaired) electrons. The lowest BCUT2D eigenvalue weighted by Gasteiger charge is -2.07. The van der Waals surface area contributed by atoms with Crippen LogP contribution in [0.1, 0.15) is 38.3 Å². The Balaban J connectivity index is 2.06. The van der Waals surface area contributed by atoms with E-state index < -0.39 is 17.8 Å². The van der Waals surface area contributed by atoms with Crippen molar-refractivity contribution in [3.05, 3.63) is 72.1 Å². The van der Waals surface area contributed by atoms with Gasteiger partial charge in [0.1, 0.15) is 11.4 Å². The molecule has 0 fully saturated rings. The molecule has 2 aromatic rings. The normalized spacial score (nSPS) is 9.88. The van der Waals surface area contributed by atoms with Gasteiger partial charge in [0, 0.05) is 12.2 Å². The molecule has 0 bridgehead atoms. The van der Waals surface area contributed by atoms with Gasteiger partial charge < -0.3 is 15.4 Å². The first-order valence-corrected chi connectivity index (χ1v) is 7.99. The molecular weight excluding hydrogens is 334 g/mol. The van der Waals surface area contributed by atoms with Crippen LogP contribution in [0.25, 0.3) is 0 Å². The van der Waals surface area contributed by atoms with Crippen molar-refractivity contribution < 1.29 is 19.1 Å². The molecule has 0 aliphatic rings. The summed E-state index contributed by atoms with van der Waals surface area (Å²) >= 11 is 0. The maximum absolute atomic E-state index is 12.3. The number of anilines is 1. The average Bonchev–Trinajstić information content (AvgIpc) is 2.67. The predicted molar refractivity (Wildman–Crippen MR) is 97.1 cm³/mol. The number of hydrogen-bond acceptors (Lipinski definition) is 5. The van der Waals surface area contributed by atoms with Crippen LogP contribution in [-0.2, 0) is 4.74 Å². The third-order valence-electron chi connectivity index (χ3n) is 3.28. The second-order valence-electron chi connectivity index (χ2n) is 5.16. The van der Waals surface area contributed by atoms with E-state index in [0.717, 1.165) is 0 Å². The molecule has 0 aliphatic carbocycles. The SMILES string of the molecule is C=CCNC(=O)c1cccc(C(=O)Nc2ccc(C(=O)OCC)cc2)n1. The van der Waals surface area contributed by atoms with Gasteiger partial charge in [0.2, 0.25) is 0 Å². The van der Waals surface area contributed by atoms with Crippen molar-refractivity contribution in [2.75, 3.05) is 18.5 Å². The van der Waals surface area contributed by atoms with E-state index in [-0.39, 0.29) is 11.4 Å². The van der Waals surface area contributed by atoms with Crippen molar-refractivity contribution in [1.82, 2.24) is 10.3 Å². The minimum absolute atomic E-state index is 0.103. The monoisotopic (exact) mass is 353 g/mol. The number of benzene rings is 1. The first-order chi connectivity index (χ1) is 12.5. The van der Waals surface area contributed by atoms with Crippen LogP contribution in [0.2, 0.25) is 0 Å². The van der Waals surface area contributed by atoms with Crippen LogP contribution < -0.4 is 10.6 Å². The smallest absolute Gasteiger partial charge is 0.338 e. The zero-order chi connectivity index (χ0) is 18.9. The first-order valence-electron chi connectivity index (χ1n) is 7.99. The number of carbonyl (C=O) groups is 3. The van der Waals surface area contributed by atoms with E-state index in [1.807, 2.05) is 0 Å². The highest BCUT2D eigenvalue weighted by Crippen LogP contribution is 2.12. The number of pyridine rings is 1. The van der Waals surface area contributed by atoms with Crippen LogP contribution in [-0.4, -0.2) is 35.9 Å². The first kappa shape index (κ1) is 18.9. The maximum atomic E-state index is 12.3. The second kappa shape index (κ2) is 9.12. The lowest BCUT2D eigenvalue weighted by molar-refractivity contribution is 0.0526. The van der Waals surface area contributed by atoms with E-state index >= 15 is 0 Å². The summed E-state index contributed by atoms with van der Waals surface area (Å²) < 4.78 is 4.90. The quantitative estimate of drug-likeness (QED) is 0.588. The summed E-state index contributed by atoms with van der Waals surface area (Å²) in [5.74, 6) is -1.28. The topological polar surface area (TPSA) is 97.4 Å². The van der Waals surface area contributed by atoms with Crippen molar-refractivity contribution in [1.29, 1.82) is 0 Å². The molecule has 0 spiro atoms. The van der Waals surface area contributed by atoms with Gasteiger partial charge in [-0.2, -0.15) is 0 Å². The highest BCUT2D eigenvalue weighted by Gasteiger charge is 2.13. The molecule has 26 heavy (non-hydrogen) atoms. The van der Waals surface area contributed by atoms with Gasteiger partial charge in [-0.3, -0.25) is 9.59 Å². The van der Waals surface area contributed by atoms with Gasteiger partial charge in [-0.25, -0.2) is 9.78 Å². The molecule has 1 heterocycles. The lowest BCUT2D eigenvalue weighted by Crippen LogP contribution is -2.25. The van der Waals surface area contributed by atoms with Gasteiger partial charge in [-0.05, 0) is 43.3 Å². The molecule has 0 unspecified atom stereocenters. The van der Waals surface area contributed by atoms with Crippen molar-refractivity contribution in [3.8, 4) is 0 Å². The Kier molecular flexibility index (Phi) is 6.61. The van der Waals surface area contributed by atoms with Gasteiger partial charge in [0.15, 0.2) is 0 Å². The van der Waals surface area contributed by atoms with E-state index in [4.69, 9.17) is 4.74 Å². The Hall–Kier alpha value is -3.48. The summed E-state index contributed by atoms with van der Waals surface area (Å²) in [7, 11) is 0. The molecular formula is C19H19N3O4. The van der Waals surface area contributed by atoms with E-state index in [0.29, 0.717) is 24.4 Å². The number of esters is 1. The Morgan fingerprint density at radius 2 is 1.73 bits per heavy atom. The molecule has 0 atom stereocenters. The summed E-state index contributed by atoms with van der Waals surface area (Å²) in [6.45, 7) is 5.85. The Morgan fingerprint density at radius 1 is 1.08 bits per heavy atom. The summed E-state index contributed by atoms with van der Waals surface area (Å²) in [6.07, 6.45) is 1.55. The largest absolute Gasteiger partial charge is 0.462 e. The van der Waals surface area contributed by atoms with Gasteiger partial charge in [0.25, 0.3) is 11.8 Å². The number of ether oxygens (including phenoxy) is 1. The molecule has 2 rings (SSSR count). The van der Waals surface area contributed by atoms with E-state index in [1.54, 1.807) is 43.3 Å². The molecule has 134 valence electrons. The van der Waals surface area contributed by atoms with Crippen LogP contribution in [0.4, 0.5) is 5.69 Å². The van der Waals surface area contributed by atoms with Crippen molar-refractivity contribution in [2.45, 2.75) is 6.92 Å². The van der Waals surface area contributed by atoms with Crippen LogP contribution in [0.3, 0.4) is 0 Å². The molecule has 2 N–H and O–H groups in total. The zero-order valence-corrected chi connectivity index (χ0v) is 14.3. The van der Waals surface area contributed by atoms with E-state index in [2.05, 4.69) is 22.2 Å². The van der Waals surface area contributed by atoms with Crippen LogP contribution in [0.5, 0.6) is 0 Å². The molecule has 0 saturated carbocycles. The zero-order valence-electron chi connectivity index (χ0n) is 14.3. The fourth-order valence-corrected chi connectivity index (χ4v) is 2.04. The van der Waals surface area contributed by atoms with Crippen LogP contribution in [0, 0.1) is 0 Å². The third kappa shape index (κ3) is 5.01. The Morgan fingerprint density at radius 3 is 2.35 bits per heavy atom. The number of aromatic nitrogens is 1. The molecule has 1 aromatic carbocycles. The van der Waals surface area contributed by atoms with E-state index in [1.165, 1.54) is 12.1 Å². The van der Waals surface area contributed by atoms with Crippen molar-refractivity contribution in [3.63, 3.8) is 0 Å². The predicted octanol–water partition coefficient (Wildman–Crippen LogP) is 2.43. The summed E-state index contributed by atoms with van der Waals surface area (Å²) in [6, 6.07) is 10.9. The number of nitrogens with one attached hydrogen (secondary N) is 2. The summed E-state index contributed by atoms with van der Waals surface area (Å²) in [5.41, 5.74) is 1.12. The van der Waals surface area contributed by atoms with Crippen LogP contribution in [0.15, 0.2) is 55.1 Å². The van der Waals surface area contributed by atoms with Gasteiger partial charge >= 0.3 is 5.97 Å². The summed E-state index contributed by atoms with van der Waals surface area (Å²) in [5, 5.41) is 5.26. The highest BCUT2D eigenvalue weighted by molar-refractivity contribution is 6.04. The number of amides is 2. The third-order valence-corrected chi connectivity index (χ3v) is 3.28. The van der Waals surface area contributed by atoms with E-state index in [9.17, 15) is 14.4 Å². The van der Waals surface area contributed by atoms with Crippen molar-refractivity contribution >= 4 is 23.5 Å². The minimum Gasteiger partial charge on any atom is -0.462 e. The standard InChI is InChI=1S/C19H19N3O4/c1-3-12-20-17(23)15-6-5-7-16(22-15)18(24)21-14-10-8-13(9-11-14)19(25)26-4-2/h3,5-11H,1,4,12H2,2H3,(H,20,23)(H,21,24). The molecule has 7 nitrogen and oxygen atoms in total. The van der Waals surface area contributed by atoms with Crippen LogP contribution >= 0.6 is 0 Å². The fraction of sp³-hybridized carbons (Fsp3) is 0.158. The maximum Gasteiger partial charge on any atom is 0.338 e. The minimum atomic E-state index is -0.466. The highest BCUT2D eigenvalue weighted by atomic mass is 16.5. The van der Waals surface area contributed by atoms with Gasteiger partial charge in [-0.1, -0.05) is 12.1 Å². The number of nitrogens with zero attached hydrogens (tertiary/aromatic N) is 1. The average molecular weight is 353 g/mol. The van der Waals surface area contributed by atoms with Gasteiger partial charge in [0.05, 0.1) is 12.2 Å². The lowest BCUT2D eigenvalue weighted by atomic mass is 10.2. The molecule has 7 heteroatoms. The Bertz CT molecular complexity index is 816. The van der Waals surface area contributed by atoms with Gasteiger partial charge in [-0.15, -0.1) is 6.58 Å². The Labute approximate surface area is 151 Å². The number of carbonyl (C=O) groups excluding carboxylic acids is 3. The number of hydrogen-bond donors (Lipinski definition) is 2. The fourth-order valence-electron chi connectivity index (χ4n) is 2.04. The molecule has 0 aliphatic heterocycles. The van der Waals surface area contributed by atoms with Crippen molar-refractivity contribution in [2.24, 2.45) is 0 Å². The number of rotatable bonds is 7. The molecule has 1 aromatic heterocycles. The molecule has 0 saturated heterocycles. The second-order valence-corrected chi connectivity index (χ2v) is 5.16.